The maximum absolute atomic E-state index is 9.47. The summed E-state index contributed by atoms with van der Waals surface area (Å²) >= 11 is 0. The molecule has 0 heterocycles. The molecule has 3 nitrogen and oxygen atoms in total. The van der Waals surface area contributed by atoms with E-state index < -0.39 is 0 Å². The van der Waals surface area contributed by atoms with Crippen LogP contribution in [-0.4, -0.2) is 16.3 Å². The van der Waals surface area contributed by atoms with Crippen LogP contribution in [0.2, 0.25) is 0 Å². The number of aliphatic hydroxyl groups is 1. The zero-order chi connectivity index (χ0) is 10.6. The van der Waals surface area contributed by atoms with E-state index in [1.807, 2.05) is 6.07 Å². The summed E-state index contributed by atoms with van der Waals surface area (Å²) < 4.78 is 0. The standard InChI is InChI=1S/C11H17NO2/c1-8(2)12-6-9-3-4-10(7-13)11(14)5-9/h3-5,8,12-14H,6-7H2,1-2H3. The number of hydrogen-bond donors (Lipinski definition) is 3. The minimum Gasteiger partial charge on any atom is -0.508 e. The van der Waals surface area contributed by atoms with Gasteiger partial charge in [0.1, 0.15) is 5.75 Å². The van der Waals surface area contributed by atoms with Crippen molar-refractivity contribution in [2.24, 2.45) is 0 Å². The van der Waals surface area contributed by atoms with Crippen molar-refractivity contribution >= 4 is 0 Å². The molecule has 0 aliphatic heterocycles. The van der Waals surface area contributed by atoms with E-state index in [4.69, 9.17) is 5.11 Å². The molecular weight excluding hydrogens is 178 g/mol. The fourth-order valence-corrected chi connectivity index (χ4v) is 1.18. The molecular formula is C11H17NO2. The van der Waals surface area contributed by atoms with Gasteiger partial charge in [0, 0.05) is 18.2 Å². The molecule has 0 radical (unpaired) electrons. The Morgan fingerprint density at radius 2 is 2.07 bits per heavy atom. The lowest BCUT2D eigenvalue weighted by Gasteiger charge is -2.09. The first-order valence-corrected chi connectivity index (χ1v) is 4.78. The van der Waals surface area contributed by atoms with E-state index in [0.717, 1.165) is 12.1 Å². The Balaban J connectivity index is 2.66. The number of phenols is 1. The average Bonchev–Trinajstić information content (AvgIpc) is 2.15. The predicted octanol–water partition coefficient (Wildman–Crippen LogP) is 1.38. The van der Waals surface area contributed by atoms with Crippen LogP contribution in [0.25, 0.3) is 0 Å². The molecule has 0 unspecified atom stereocenters. The van der Waals surface area contributed by atoms with Crippen LogP contribution in [0.1, 0.15) is 25.0 Å². The molecule has 0 amide bonds. The van der Waals surface area contributed by atoms with Gasteiger partial charge < -0.3 is 15.5 Å². The van der Waals surface area contributed by atoms with Crippen molar-refractivity contribution in [3.8, 4) is 5.75 Å². The number of rotatable bonds is 4. The van der Waals surface area contributed by atoms with Crippen LogP contribution in [-0.2, 0) is 13.2 Å². The topological polar surface area (TPSA) is 52.5 Å². The average molecular weight is 195 g/mol. The zero-order valence-electron chi connectivity index (χ0n) is 8.62. The minimum atomic E-state index is -0.121. The summed E-state index contributed by atoms with van der Waals surface area (Å²) in [6, 6.07) is 5.75. The lowest BCUT2D eigenvalue weighted by molar-refractivity contribution is 0.275. The van der Waals surface area contributed by atoms with Gasteiger partial charge in [0.05, 0.1) is 6.61 Å². The van der Waals surface area contributed by atoms with Gasteiger partial charge in [-0.25, -0.2) is 0 Å². The molecule has 0 aliphatic rings. The third kappa shape index (κ3) is 3.01. The summed E-state index contributed by atoms with van der Waals surface area (Å²) in [6.07, 6.45) is 0. The first-order chi connectivity index (χ1) is 6.63. The van der Waals surface area contributed by atoms with E-state index in [2.05, 4.69) is 19.2 Å². The molecule has 78 valence electrons. The summed E-state index contributed by atoms with van der Waals surface area (Å²) in [4.78, 5) is 0. The molecule has 0 fully saturated rings. The van der Waals surface area contributed by atoms with Crippen LogP contribution in [0, 0.1) is 0 Å². The van der Waals surface area contributed by atoms with E-state index in [0.29, 0.717) is 11.6 Å². The monoisotopic (exact) mass is 195 g/mol. The highest BCUT2D eigenvalue weighted by molar-refractivity contribution is 5.35. The Bertz CT molecular complexity index is 297. The van der Waals surface area contributed by atoms with Gasteiger partial charge in [-0.3, -0.25) is 0 Å². The first-order valence-electron chi connectivity index (χ1n) is 4.78. The number of aromatic hydroxyl groups is 1. The summed E-state index contributed by atoms with van der Waals surface area (Å²) in [5.74, 6) is 0.163. The normalized spacial score (nSPS) is 10.9. The second kappa shape index (κ2) is 4.98. The highest BCUT2D eigenvalue weighted by atomic mass is 16.3. The fourth-order valence-electron chi connectivity index (χ4n) is 1.18. The maximum atomic E-state index is 9.47. The van der Waals surface area contributed by atoms with E-state index in [-0.39, 0.29) is 12.4 Å². The van der Waals surface area contributed by atoms with Crippen molar-refractivity contribution in [3.63, 3.8) is 0 Å². The molecule has 0 saturated carbocycles. The van der Waals surface area contributed by atoms with Gasteiger partial charge in [0.25, 0.3) is 0 Å². The predicted molar refractivity (Wildman–Crippen MR) is 56.0 cm³/mol. The molecule has 0 aliphatic carbocycles. The maximum Gasteiger partial charge on any atom is 0.121 e. The van der Waals surface area contributed by atoms with Crippen LogP contribution >= 0.6 is 0 Å². The van der Waals surface area contributed by atoms with Crippen LogP contribution < -0.4 is 5.32 Å². The highest BCUT2D eigenvalue weighted by Gasteiger charge is 2.01. The minimum absolute atomic E-state index is 0.121. The lowest BCUT2D eigenvalue weighted by atomic mass is 10.1. The summed E-state index contributed by atoms with van der Waals surface area (Å²) in [5, 5.41) is 21.6. The Hall–Kier alpha value is -1.06. The van der Waals surface area contributed by atoms with Crippen molar-refractivity contribution in [1.82, 2.24) is 5.32 Å². The van der Waals surface area contributed by atoms with Crippen molar-refractivity contribution in [3.05, 3.63) is 29.3 Å². The third-order valence-corrected chi connectivity index (χ3v) is 2.03. The van der Waals surface area contributed by atoms with E-state index in [1.165, 1.54) is 0 Å². The van der Waals surface area contributed by atoms with Gasteiger partial charge in [-0.05, 0) is 11.6 Å². The number of hydrogen-bond acceptors (Lipinski definition) is 3. The highest BCUT2D eigenvalue weighted by Crippen LogP contribution is 2.18. The van der Waals surface area contributed by atoms with Crippen LogP contribution in [0.15, 0.2) is 18.2 Å². The van der Waals surface area contributed by atoms with Crippen molar-refractivity contribution in [1.29, 1.82) is 0 Å². The van der Waals surface area contributed by atoms with Crippen molar-refractivity contribution < 1.29 is 10.2 Å². The van der Waals surface area contributed by atoms with Crippen LogP contribution in [0.4, 0.5) is 0 Å². The van der Waals surface area contributed by atoms with Crippen LogP contribution in [0.3, 0.4) is 0 Å². The van der Waals surface area contributed by atoms with Gasteiger partial charge >= 0.3 is 0 Å². The summed E-state index contributed by atoms with van der Waals surface area (Å²) in [6.45, 7) is 4.75. The third-order valence-electron chi connectivity index (χ3n) is 2.03. The molecule has 14 heavy (non-hydrogen) atoms. The molecule has 0 bridgehead atoms. The lowest BCUT2D eigenvalue weighted by Crippen LogP contribution is -2.21. The summed E-state index contributed by atoms with van der Waals surface area (Å²) in [5.41, 5.74) is 1.59. The Morgan fingerprint density at radius 3 is 2.57 bits per heavy atom. The molecule has 0 atom stereocenters. The SMILES string of the molecule is CC(C)NCc1ccc(CO)c(O)c1. The van der Waals surface area contributed by atoms with Crippen LogP contribution in [0.5, 0.6) is 5.75 Å². The molecule has 0 spiro atoms. The number of benzene rings is 1. The largest absolute Gasteiger partial charge is 0.508 e. The van der Waals surface area contributed by atoms with Gasteiger partial charge in [0.2, 0.25) is 0 Å². The van der Waals surface area contributed by atoms with E-state index in [1.54, 1.807) is 12.1 Å². The van der Waals surface area contributed by atoms with Gasteiger partial charge in [-0.1, -0.05) is 26.0 Å². The number of aliphatic hydroxyl groups excluding tert-OH is 1. The molecule has 3 heteroatoms. The second-order valence-electron chi connectivity index (χ2n) is 3.66. The van der Waals surface area contributed by atoms with Crippen molar-refractivity contribution in [2.75, 3.05) is 0 Å². The quantitative estimate of drug-likeness (QED) is 0.680. The van der Waals surface area contributed by atoms with Gasteiger partial charge in [-0.2, -0.15) is 0 Å². The summed E-state index contributed by atoms with van der Waals surface area (Å²) in [7, 11) is 0. The molecule has 1 rings (SSSR count). The Morgan fingerprint density at radius 1 is 1.36 bits per heavy atom. The molecule has 0 saturated heterocycles. The fraction of sp³-hybridized carbons (Fsp3) is 0.455. The first kappa shape index (κ1) is 11.0. The van der Waals surface area contributed by atoms with Crippen molar-refractivity contribution in [2.45, 2.75) is 33.0 Å². The number of nitrogens with one attached hydrogen (secondary N) is 1. The molecule has 3 N–H and O–H groups in total. The second-order valence-corrected chi connectivity index (χ2v) is 3.66. The van der Waals surface area contributed by atoms with Gasteiger partial charge in [-0.15, -0.1) is 0 Å². The molecule has 1 aromatic carbocycles. The smallest absolute Gasteiger partial charge is 0.121 e. The molecule has 1 aromatic rings. The van der Waals surface area contributed by atoms with E-state index in [9.17, 15) is 5.11 Å². The zero-order valence-corrected chi connectivity index (χ0v) is 8.62. The van der Waals surface area contributed by atoms with Gasteiger partial charge in [0.15, 0.2) is 0 Å². The Labute approximate surface area is 84.4 Å². The Kier molecular flexibility index (Phi) is 3.92. The van der Waals surface area contributed by atoms with E-state index >= 15 is 0 Å². The molecule has 0 aromatic heterocycles.